The highest BCUT2D eigenvalue weighted by atomic mass is 19.4. The van der Waals surface area contributed by atoms with Crippen molar-refractivity contribution < 1.29 is 27.5 Å². The Morgan fingerprint density at radius 1 is 1.21 bits per heavy atom. The summed E-state index contributed by atoms with van der Waals surface area (Å²) < 4.78 is 52.1. The average molecular weight is 412 g/mol. The summed E-state index contributed by atoms with van der Waals surface area (Å²) in [6.45, 7) is 1.24. The largest absolute Gasteiger partial charge is 0.419 e. The number of alkyl halides is 3. The number of aromatic nitrogens is 2. The first-order chi connectivity index (χ1) is 13.8. The minimum absolute atomic E-state index is 0.0951. The predicted molar refractivity (Wildman–Crippen MR) is 97.5 cm³/mol. The molecule has 1 aromatic carbocycles. The zero-order valence-electron chi connectivity index (χ0n) is 15.4. The third-order valence-corrected chi connectivity index (χ3v) is 4.82. The van der Waals surface area contributed by atoms with Gasteiger partial charge in [0.25, 0.3) is 0 Å². The fraction of sp³-hybridized carbons (Fsp3) is 0.421. The first-order valence-corrected chi connectivity index (χ1v) is 9.12. The molecule has 1 saturated heterocycles. The first-order valence-electron chi connectivity index (χ1n) is 9.12. The number of halogens is 4. The van der Waals surface area contributed by atoms with E-state index in [1.54, 1.807) is 6.07 Å². The van der Waals surface area contributed by atoms with Crippen LogP contribution in [0.5, 0.6) is 0 Å². The van der Waals surface area contributed by atoms with Crippen LogP contribution in [0.4, 0.5) is 23.4 Å². The Kier molecular flexibility index (Phi) is 6.31. The normalized spacial score (nSPS) is 15.4. The third kappa shape index (κ3) is 5.00. The monoisotopic (exact) mass is 412 g/mol. The van der Waals surface area contributed by atoms with Crippen LogP contribution >= 0.6 is 0 Å². The standard InChI is InChI=1S/C19H20F4N4O2/c20-15-9-13(1-2-14(15)19(21,22)23)16-10-17(26-11-25-16)27-6-3-12(4-7-27)18(29)24-5-8-28/h1-2,9-12,28H,3-8H2,(H,24,29). The smallest absolute Gasteiger partial charge is 0.395 e. The van der Waals surface area contributed by atoms with Crippen LogP contribution in [0.3, 0.4) is 0 Å². The van der Waals surface area contributed by atoms with E-state index in [-0.39, 0.29) is 30.5 Å². The lowest BCUT2D eigenvalue weighted by atomic mass is 9.96. The fourth-order valence-electron chi connectivity index (χ4n) is 3.28. The van der Waals surface area contributed by atoms with Gasteiger partial charge in [0.1, 0.15) is 18.0 Å². The molecule has 6 nitrogen and oxygen atoms in total. The maximum atomic E-state index is 13.9. The number of nitrogens with zero attached hydrogens (tertiary/aromatic N) is 3. The Morgan fingerprint density at radius 3 is 2.55 bits per heavy atom. The van der Waals surface area contributed by atoms with Gasteiger partial charge in [0.05, 0.1) is 17.9 Å². The minimum Gasteiger partial charge on any atom is -0.395 e. The second kappa shape index (κ2) is 8.73. The molecule has 156 valence electrons. The maximum Gasteiger partial charge on any atom is 0.419 e. The molecule has 2 aromatic rings. The van der Waals surface area contributed by atoms with Crippen molar-refractivity contribution in [2.45, 2.75) is 19.0 Å². The molecule has 0 atom stereocenters. The van der Waals surface area contributed by atoms with Crippen molar-refractivity contribution in [1.29, 1.82) is 0 Å². The number of carbonyl (C=O) groups is 1. The Balaban J connectivity index is 1.71. The zero-order chi connectivity index (χ0) is 21.0. The van der Waals surface area contributed by atoms with Crippen molar-refractivity contribution in [3.05, 3.63) is 42.0 Å². The topological polar surface area (TPSA) is 78.4 Å². The van der Waals surface area contributed by atoms with E-state index in [2.05, 4.69) is 15.3 Å². The third-order valence-electron chi connectivity index (χ3n) is 4.82. The number of carbonyl (C=O) groups excluding carboxylic acids is 1. The van der Waals surface area contributed by atoms with Gasteiger partial charge in [-0.3, -0.25) is 4.79 Å². The van der Waals surface area contributed by atoms with Gasteiger partial charge in [-0.25, -0.2) is 14.4 Å². The molecule has 1 aliphatic rings. The lowest BCUT2D eigenvalue weighted by Gasteiger charge is -2.32. The summed E-state index contributed by atoms with van der Waals surface area (Å²) >= 11 is 0. The van der Waals surface area contributed by atoms with Crippen LogP contribution in [-0.4, -0.2) is 47.2 Å². The second-order valence-corrected chi connectivity index (χ2v) is 6.73. The summed E-state index contributed by atoms with van der Waals surface area (Å²) in [5.74, 6) is -1.04. The van der Waals surface area contributed by atoms with Gasteiger partial charge in [-0.05, 0) is 25.0 Å². The molecule has 0 aliphatic carbocycles. The van der Waals surface area contributed by atoms with E-state index in [0.29, 0.717) is 43.5 Å². The second-order valence-electron chi connectivity index (χ2n) is 6.73. The number of nitrogens with one attached hydrogen (secondary N) is 1. The number of piperidine rings is 1. The summed E-state index contributed by atoms with van der Waals surface area (Å²) in [5.41, 5.74) is -0.792. The van der Waals surface area contributed by atoms with Crippen LogP contribution in [0.2, 0.25) is 0 Å². The van der Waals surface area contributed by atoms with Gasteiger partial charge in [-0.2, -0.15) is 13.2 Å². The van der Waals surface area contributed by atoms with Crippen LogP contribution in [0, 0.1) is 11.7 Å². The van der Waals surface area contributed by atoms with Crippen molar-refractivity contribution in [3.8, 4) is 11.3 Å². The Bertz CT molecular complexity index is 868. The number of aliphatic hydroxyl groups excluding tert-OH is 1. The highest BCUT2D eigenvalue weighted by Crippen LogP contribution is 2.33. The van der Waals surface area contributed by atoms with E-state index in [0.717, 1.165) is 6.07 Å². The van der Waals surface area contributed by atoms with Gasteiger partial charge in [0.15, 0.2) is 0 Å². The number of hydrogen-bond acceptors (Lipinski definition) is 5. The van der Waals surface area contributed by atoms with Gasteiger partial charge in [0.2, 0.25) is 5.91 Å². The van der Waals surface area contributed by atoms with Gasteiger partial charge in [-0.1, -0.05) is 6.07 Å². The SMILES string of the molecule is O=C(NCCO)C1CCN(c2cc(-c3ccc(C(F)(F)F)c(F)c3)ncn2)CC1. The summed E-state index contributed by atoms with van der Waals surface area (Å²) in [7, 11) is 0. The lowest BCUT2D eigenvalue weighted by Crippen LogP contribution is -2.41. The molecule has 1 amide bonds. The molecule has 1 fully saturated rings. The molecule has 2 heterocycles. The van der Waals surface area contributed by atoms with E-state index in [4.69, 9.17) is 5.11 Å². The number of anilines is 1. The molecule has 0 radical (unpaired) electrons. The van der Waals surface area contributed by atoms with E-state index >= 15 is 0 Å². The highest BCUT2D eigenvalue weighted by Gasteiger charge is 2.34. The maximum absolute atomic E-state index is 13.9. The van der Waals surface area contributed by atoms with Crippen molar-refractivity contribution in [2.75, 3.05) is 31.1 Å². The molecule has 2 N–H and O–H groups in total. The lowest BCUT2D eigenvalue weighted by molar-refractivity contribution is -0.140. The Morgan fingerprint density at radius 2 is 1.93 bits per heavy atom. The summed E-state index contributed by atoms with van der Waals surface area (Å²) in [6.07, 6.45) is -2.27. The van der Waals surface area contributed by atoms with Crippen molar-refractivity contribution in [1.82, 2.24) is 15.3 Å². The predicted octanol–water partition coefficient (Wildman–Crippen LogP) is 2.63. The van der Waals surface area contributed by atoms with E-state index in [9.17, 15) is 22.4 Å². The van der Waals surface area contributed by atoms with Gasteiger partial charge < -0.3 is 15.3 Å². The number of hydrogen-bond donors (Lipinski definition) is 2. The molecule has 1 aromatic heterocycles. The molecule has 0 spiro atoms. The quantitative estimate of drug-likeness (QED) is 0.739. The van der Waals surface area contributed by atoms with Gasteiger partial charge in [0, 0.05) is 37.2 Å². The molecular weight excluding hydrogens is 392 g/mol. The molecule has 0 bridgehead atoms. The van der Waals surface area contributed by atoms with Crippen LogP contribution in [0.15, 0.2) is 30.6 Å². The first kappa shape index (κ1) is 21.0. The number of rotatable bonds is 5. The molecular formula is C19H20F4N4O2. The number of aliphatic hydroxyl groups is 1. The number of benzene rings is 1. The number of amides is 1. The summed E-state index contributed by atoms with van der Waals surface area (Å²) in [5, 5.41) is 11.4. The van der Waals surface area contributed by atoms with Crippen LogP contribution in [0.1, 0.15) is 18.4 Å². The fourth-order valence-corrected chi connectivity index (χ4v) is 3.28. The molecule has 1 aliphatic heterocycles. The average Bonchev–Trinajstić information content (AvgIpc) is 2.71. The van der Waals surface area contributed by atoms with E-state index in [1.165, 1.54) is 12.4 Å². The van der Waals surface area contributed by atoms with E-state index < -0.39 is 17.6 Å². The Hall–Kier alpha value is -2.75. The molecule has 10 heteroatoms. The molecule has 29 heavy (non-hydrogen) atoms. The van der Waals surface area contributed by atoms with Gasteiger partial charge >= 0.3 is 6.18 Å². The van der Waals surface area contributed by atoms with Crippen LogP contribution < -0.4 is 10.2 Å². The van der Waals surface area contributed by atoms with Gasteiger partial charge in [-0.15, -0.1) is 0 Å². The van der Waals surface area contributed by atoms with Crippen LogP contribution in [0.25, 0.3) is 11.3 Å². The summed E-state index contributed by atoms with van der Waals surface area (Å²) in [6, 6.07) is 4.28. The minimum atomic E-state index is -4.76. The van der Waals surface area contributed by atoms with Crippen molar-refractivity contribution >= 4 is 11.7 Å². The van der Waals surface area contributed by atoms with Crippen molar-refractivity contribution in [3.63, 3.8) is 0 Å². The molecule has 0 unspecified atom stereocenters. The van der Waals surface area contributed by atoms with Crippen LogP contribution in [-0.2, 0) is 11.0 Å². The van der Waals surface area contributed by atoms with Crippen molar-refractivity contribution in [2.24, 2.45) is 5.92 Å². The summed E-state index contributed by atoms with van der Waals surface area (Å²) in [4.78, 5) is 22.2. The van der Waals surface area contributed by atoms with E-state index in [1.807, 2.05) is 4.90 Å². The molecule has 3 rings (SSSR count). The highest BCUT2D eigenvalue weighted by molar-refractivity contribution is 5.79. The zero-order valence-corrected chi connectivity index (χ0v) is 15.4. The Labute approximate surface area is 164 Å². The molecule has 0 saturated carbocycles.